The Bertz CT molecular complexity index is 830. The molecule has 0 aliphatic heterocycles. The summed E-state index contributed by atoms with van der Waals surface area (Å²) in [5.74, 6) is 0.973. The Hall–Kier alpha value is -1.70. The molecule has 23 heavy (non-hydrogen) atoms. The fraction of sp³-hybridized carbons (Fsp3) is 0.188. The Morgan fingerprint density at radius 1 is 1.30 bits per heavy atom. The Morgan fingerprint density at radius 2 is 2.13 bits per heavy atom. The van der Waals surface area contributed by atoms with E-state index in [-0.39, 0.29) is 0 Å². The summed E-state index contributed by atoms with van der Waals surface area (Å²) in [6.45, 7) is 7.70. The average Bonchev–Trinajstić information content (AvgIpc) is 3.18. The number of para-hydroxylation sites is 1. The van der Waals surface area contributed by atoms with E-state index in [1.807, 2.05) is 30.5 Å². The lowest BCUT2D eigenvalue weighted by molar-refractivity contribution is 1.30. The van der Waals surface area contributed by atoms with Gasteiger partial charge in [0.25, 0.3) is 0 Å². The van der Waals surface area contributed by atoms with Crippen molar-refractivity contribution in [2.75, 3.05) is 11.1 Å². The summed E-state index contributed by atoms with van der Waals surface area (Å²) in [5, 5.41) is 7.05. The highest BCUT2D eigenvalue weighted by molar-refractivity contribution is 8.08. The molecular weight excluding hydrogens is 344 g/mol. The Morgan fingerprint density at radius 3 is 2.87 bits per heavy atom. The minimum absolute atomic E-state index is 0.838. The van der Waals surface area contributed by atoms with Gasteiger partial charge in [-0.25, -0.2) is 9.97 Å². The van der Waals surface area contributed by atoms with Crippen molar-refractivity contribution >= 4 is 66.5 Å². The highest BCUT2D eigenvalue weighted by Gasteiger charge is 2.12. The first-order valence-corrected chi connectivity index (χ1v) is 9.78. The van der Waals surface area contributed by atoms with Gasteiger partial charge in [0, 0.05) is 5.38 Å². The zero-order chi connectivity index (χ0) is 16.2. The predicted octanol–water partition coefficient (Wildman–Crippen LogP) is 5.64. The van der Waals surface area contributed by atoms with Crippen molar-refractivity contribution in [1.82, 2.24) is 9.97 Å². The third kappa shape index (κ3) is 3.63. The van der Waals surface area contributed by atoms with E-state index in [4.69, 9.17) is 0 Å². The van der Waals surface area contributed by atoms with Crippen molar-refractivity contribution in [3.8, 4) is 0 Å². The van der Waals surface area contributed by atoms with Crippen LogP contribution in [0.25, 0.3) is 15.1 Å². The van der Waals surface area contributed by atoms with E-state index in [1.165, 1.54) is 4.70 Å². The first kappa shape index (κ1) is 16.2. The van der Waals surface area contributed by atoms with Crippen LogP contribution in [-0.2, 0) is 0 Å². The molecule has 0 spiro atoms. The van der Waals surface area contributed by atoms with Crippen LogP contribution in [0.2, 0.25) is 0 Å². The van der Waals surface area contributed by atoms with E-state index >= 15 is 0 Å². The molecule has 0 unspecified atom stereocenters. The van der Waals surface area contributed by atoms with E-state index in [2.05, 4.69) is 40.0 Å². The number of aromatic nitrogens is 2. The lowest BCUT2D eigenvalue weighted by Crippen LogP contribution is -1.90. The topological polar surface area (TPSA) is 50.2 Å². The summed E-state index contributed by atoms with van der Waals surface area (Å²) in [4.78, 5) is 14.4. The maximum Gasteiger partial charge on any atom is 0.190 e. The number of nitrogens with zero attached hydrogens (tertiary/aromatic N) is 3. The average molecular weight is 361 g/mol. The Labute approximate surface area is 147 Å². The summed E-state index contributed by atoms with van der Waals surface area (Å²) in [6, 6.07) is 8.11. The third-order valence-corrected chi connectivity index (χ3v) is 5.89. The number of nitrogens with one attached hydrogen (secondary N) is 1. The van der Waals surface area contributed by atoms with Crippen LogP contribution in [0.5, 0.6) is 0 Å². The molecule has 0 amide bonds. The quantitative estimate of drug-likeness (QED) is 0.578. The second-order valence-corrected chi connectivity index (χ2v) is 7.82. The normalized spacial score (nSPS) is 12.3. The Kier molecular flexibility index (Phi) is 5.09. The number of thiazole rings is 2. The van der Waals surface area contributed by atoms with Gasteiger partial charge in [0.1, 0.15) is 0 Å². The van der Waals surface area contributed by atoms with Gasteiger partial charge < -0.3 is 5.32 Å². The molecule has 0 fully saturated rings. The number of allylic oxidation sites excluding steroid dienone is 1. The fourth-order valence-electron chi connectivity index (χ4n) is 2.03. The molecule has 0 saturated carbocycles. The molecule has 118 valence electrons. The molecule has 1 N–H and O–H groups in total. The van der Waals surface area contributed by atoms with Gasteiger partial charge >= 0.3 is 0 Å². The third-order valence-electron chi connectivity index (χ3n) is 3.10. The highest BCUT2D eigenvalue weighted by Crippen LogP contribution is 2.35. The maximum absolute atomic E-state index is 4.67. The van der Waals surface area contributed by atoms with Crippen molar-refractivity contribution in [3.05, 3.63) is 41.0 Å². The molecule has 2 aromatic heterocycles. The molecular formula is C16H16N4S3. The van der Waals surface area contributed by atoms with Crippen LogP contribution in [0.1, 0.15) is 19.5 Å². The van der Waals surface area contributed by atoms with Gasteiger partial charge in [0.2, 0.25) is 0 Å². The number of thioether (sulfide) groups is 1. The van der Waals surface area contributed by atoms with Crippen LogP contribution in [0.4, 0.5) is 10.3 Å². The van der Waals surface area contributed by atoms with Gasteiger partial charge in [-0.2, -0.15) is 0 Å². The molecule has 0 atom stereocenters. The van der Waals surface area contributed by atoms with Gasteiger partial charge in [-0.3, -0.25) is 4.99 Å². The van der Waals surface area contributed by atoms with Crippen molar-refractivity contribution in [2.45, 2.75) is 13.8 Å². The van der Waals surface area contributed by atoms with E-state index in [0.717, 1.165) is 37.8 Å². The highest BCUT2D eigenvalue weighted by atomic mass is 32.2. The van der Waals surface area contributed by atoms with Crippen LogP contribution in [0.3, 0.4) is 0 Å². The van der Waals surface area contributed by atoms with Gasteiger partial charge in [-0.05, 0) is 31.5 Å². The summed E-state index contributed by atoms with van der Waals surface area (Å²) >= 11 is 4.94. The number of anilines is 2. The number of hydrogen-bond acceptors (Lipinski definition) is 7. The minimum atomic E-state index is 0.838. The molecule has 0 aliphatic carbocycles. The zero-order valence-corrected chi connectivity index (χ0v) is 15.3. The first-order valence-electron chi connectivity index (χ1n) is 7.10. The summed E-state index contributed by atoms with van der Waals surface area (Å²) < 4.78 is 1.17. The molecule has 0 saturated heterocycles. The van der Waals surface area contributed by atoms with Crippen LogP contribution in [0.15, 0.2) is 40.3 Å². The second kappa shape index (κ2) is 7.25. The number of hydrogen-bond donors (Lipinski definition) is 1. The van der Waals surface area contributed by atoms with Crippen LogP contribution in [-0.4, -0.2) is 22.4 Å². The van der Waals surface area contributed by atoms with Gasteiger partial charge in [0.15, 0.2) is 10.3 Å². The van der Waals surface area contributed by atoms with Gasteiger partial charge in [-0.1, -0.05) is 30.4 Å². The standard InChI is InChI=1S/C16H16N4S3/c1-4-21-14(10(2)17-3)12-9-22-15(19-12)20-16-18-11-7-5-6-8-13(11)23-16/h5-9H,3-4H2,1-2H3,(H,18,19,20)/b14-10-. The number of aliphatic imine (C=N–C) groups is 1. The monoisotopic (exact) mass is 360 g/mol. The number of fused-ring (bicyclic) bond motifs is 1. The largest absolute Gasteiger partial charge is 0.307 e. The summed E-state index contributed by atoms with van der Waals surface area (Å²) in [6.07, 6.45) is 0. The molecule has 2 heterocycles. The van der Waals surface area contributed by atoms with E-state index < -0.39 is 0 Å². The predicted molar refractivity (Wildman–Crippen MR) is 105 cm³/mol. The second-order valence-electron chi connectivity index (χ2n) is 4.66. The summed E-state index contributed by atoms with van der Waals surface area (Å²) in [5.41, 5.74) is 2.86. The minimum Gasteiger partial charge on any atom is -0.307 e. The van der Waals surface area contributed by atoms with Crippen LogP contribution < -0.4 is 5.32 Å². The Balaban J connectivity index is 1.85. The van der Waals surface area contributed by atoms with Crippen LogP contribution in [0, 0.1) is 0 Å². The molecule has 3 aromatic rings. The summed E-state index contributed by atoms with van der Waals surface area (Å²) in [7, 11) is 0. The number of benzene rings is 1. The number of rotatable bonds is 6. The SMILES string of the molecule is C=N/C(C)=C(\SCC)c1csc(Nc2nc3ccccc3s2)n1. The fourth-order valence-corrected chi connectivity index (χ4v) is 4.55. The van der Waals surface area contributed by atoms with E-state index in [1.54, 1.807) is 34.4 Å². The lowest BCUT2D eigenvalue weighted by atomic mass is 10.3. The molecule has 1 aromatic carbocycles. The maximum atomic E-state index is 4.67. The zero-order valence-electron chi connectivity index (χ0n) is 12.9. The molecule has 4 nitrogen and oxygen atoms in total. The molecule has 0 aliphatic rings. The first-order chi connectivity index (χ1) is 11.2. The molecule has 3 rings (SSSR count). The van der Waals surface area contributed by atoms with E-state index in [9.17, 15) is 0 Å². The van der Waals surface area contributed by atoms with Crippen molar-refractivity contribution in [3.63, 3.8) is 0 Å². The molecule has 7 heteroatoms. The smallest absolute Gasteiger partial charge is 0.190 e. The van der Waals surface area contributed by atoms with Gasteiger partial charge in [0.05, 0.1) is 26.5 Å². The lowest BCUT2D eigenvalue weighted by Gasteiger charge is -2.04. The van der Waals surface area contributed by atoms with Gasteiger partial charge in [-0.15, -0.1) is 23.1 Å². The van der Waals surface area contributed by atoms with Crippen molar-refractivity contribution in [2.24, 2.45) is 4.99 Å². The van der Waals surface area contributed by atoms with Crippen molar-refractivity contribution < 1.29 is 0 Å². The van der Waals surface area contributed by atoms with Crippen molar-refractivity contribution in [1.29, 1.82) is 0 Å². The molecule has 0 bridgehead atoms. The van der Waals surface area contributed by atoms with Crippen LogP contribution >= 0.6 is 34.4 Å². The molecule has 0 radical (unpaired) electrons. The van der Waals surface area contributed by atoms with E-state index in [0.29, 0.717) is 0 Å².